The summed E-state index contributed by atoms with van der Waals surface area (Å²) in [6.45, 7) is 6.25. The standard InChI is InChI=1S/C14H28N2O2/c1-14(2,3)18-13(17)16-12(9-10-15)11-7-5-4-6-8-11/h11-12H,4-10,15H2,1-3H3,(H,16,17)/t12-/m1/s1. The quantitative estimate of drug-likeness (QED) is 0.813. The highest BCUT2D eigenvalue weighted by molar-refractivity contribution is 5.68. The summed E-state index contributed by atoms with van der Waals surface area (Å²) >= 11 is 0. The Morgan fingerprint density at radius 2 is 1.94 bits per heavy atom. The van der Waals surface area contributed by atoms with Crippen molar-refractivity contribution < 1.29 is 9.53 Å². The van der Waals surface area contributed by atoms with Crippen molar-refractivity contribution in [3.05, 3.63) is 0 Å². The van der Waals surface area contributed by atoms with Gasteiger partial charge >= 0.3 is 6.09 Å². The van der Waals surface area contributed by atoms with Crippen molar-refractivity contribution in [3.63, 3.8) is 0 Å². The first kappa shape index (κ1) is 15.3. The van der Waals surface area contributed by atoms with Crippen LogP contribution in [0.3, 0.4) is 0 Å². The van der Waals surface area contributed by atoms with Gasteiger partial charge in [0.05, 0.1) is 0 Å². The third kappa shape index (κ3) is 5.71. The molecule has 0 aliphatic heterocycles. The topological polar surface area (TPSA) is 64.3 Å². The van der Waals surface area contributed by atoms with E-state index in [4.69, 9.17) is 10.5 Å². The molecule has 18 heavy (non-hydrogen) atoms. The number of nitrogens with one attached hydrogen (secondary N) is 1. The van der Waals surface area contributed by atoms with Crippen LogP contribution in [0.4, 0.5) is 4.79 Å². The van der Waals surface area contributed by atoms with E-state index in [1.807, 2.05) is 20.8 Å². The number of alkyl carbamates (subject to hydrolysis) is 1. The molecule has 0 aromatic carbocycles. The van der Waals surface area contributed by atoms with Gasteiger partial charge in [-0.3, -0.25) is 0 Å². The summed E-state index contributed by atoms with van der Waals surface area (Å²) in [6, 6.07) is 0.171. The summed E-state index contributed by atoms with van der Waals surface area (Å²) in [7, 11) is 0. The molecule has 1 aliphatic rings. The Morgan fingerprint density at radius 1 is 1.33 bits per heavy atom. The van der Waals surface area contributed by atoms with Crippen LogP contribution >= 0.6 is 0 Å². The van der Waals surface area contributed by atoms with Crippen molar-refractivity contribution in [1.82, 2.24) is 5.32 Å². The molecule has 0 aromatic rings. The maximum atomic E-state index is 11.8. The zero-order valence-corrected chi connectivity index (χ0v) is 12.0. The molecule has 3 N–H and O–H groups in total. The summed E-state index contributed by atoms with van der Waals surface area (Å²) < 4.78 is 5.31. The summed E-state index contributed by atoms with van der Waals surface area (Å²) in [5, 5.41) is 3.00. The maximum Gasteiger partial charge on any atom is 0.407 e. The molecule has 106 valence electrons. The van der Waals surface area contributed by atoms with E-state index in [2.05, 4.69) is 5.32 Å². The van der Waals surface area contributed by atoms with Gasteiger partial charge in [0.25, 0.3) is 0 Å². The third-order valence-corrected chi connectivity index (χ3v) is 3.40. The predicted octanol–water partition coefficient (Wildman–Crippen LogP) is 2.81. The van der Waals surface area contributed by atoms with E-state index < -0.39 is 5.60 Å². The first-order valence-electron chi connectivity index (χ1n) is 7.12. The lowest BCUT2D eigenvalue weighted by Crippen LogP contribution is -2.44. The fourth-order valence-corrected chi connectivity index (χ4v) is 2.60. The Labute approximate surface area is 111 Å². The lowest BCUT2D eigenvalue weighted by atomic mass is 9.83. The first-order valence-corrected chi connectivity index (χ1v) is 7.12. The van der Waals surface area contributed by atoms with Gasteiger partial charge in [-0.1, -0.05) is 19.3 Å². The second kappa shape index (κ2) is 6.98. The lowest BCUT2D eigenvalue weighted by molar-refractivity contribution is 0.0474. The van der Waals surface area contributed by atoms with Crippen LogP contribution < -0.4 is 11.1 Å². The molecule has 1 rings (SSSR count). The van der Waals surface area contributed by atoms with E-state index >= 15 is 0 Å². The highest BCUT2D eigenvalue weighted by Gasteiger charge is 2.26. The number of hydrogen-bond donors (Lipinski definition) is 2. The van der Waals surface area contributed by atoms with E-state index in [1.54, 1.807) is 0 Å². The normalized spacial score (nSPS) is 19.3. The molecule has 0 radical (unpaired) electrons. The molecule has 1 atom stereocenters. The summed E-state index contributed by atoms with van der Waals surface area (Å²) in [6.07, 6.45) is 6.76. The van der Waals surface area contributed by atoms with Gasteiger partial charge in [-0.2, -0.15) is 0 Å². The molecule has 0 heterocycles. The molecule has 1 fully saturated rings. The van der Waals surface area contributed by atoms with E-state index in [9.17, 15) is 4.79 Å². The minimum Gasteiger partial charge on any atom is -0.444 e. The number of hydrogen-bond acceptors (Lipinski definition) is 3. The Hall–Kier alpha value is -0.770. The van der Waals surface area contributed by atoms with Crippen LogP contribution in [-0.4, -0.2) is 24.3 Å². The van der Waals surface area contributed by atoms with Gasteiger partial charge in [-0.25, -0.2) is 4.79 Å². The summed E-state index contributed by atoms with van der Waals surface area (Å²) in [4.78, 5) is 11.8. The molecule has 1 saturated carbocycles. The highest BCUT2D eigenvalue weighted by Crippen LogP contribution is 2.27. The van der Waals surface area contributed by atoms with Gasteiger partial charge < -0.3 is 15.8 Å². The van der Waals surface area contributed by atoms with E-state index in [0.29, 0.717) is 12.5 Å². The monoisotopic (exact) mass is 256 g/mol. The number of ether oxygens (including phenoxy) is 1. The Bertz CT molecular complexity index is 255. The SMILES string of the molecule is CC(C)(C)OC(=O)N[C@H](CCN)C1CCCCC1. The van der Waals surface area contributed by atoms with Crippen LogP contribution in [0, 0.1) is 5.92 Å². The molecular weight excluding hydrogens is 228 g/mol. The van der Waals surface area contributed by atoms with Crippen LogP contribution in [0.25, 0.3) is 0 Å². The minimum absolute atomic E-state index is 0.171. The Morgan fingerprint density at radius 3 is 2.44 bits per heavy atom. The van der Waals surface area contributed by atoms with Crippen LogP contribution in [0.2, 0.25) is 0 Å². The molecular formula is C14H28N2O2. The first-order chi connectivity index (χ1) is 8.42. The average Bonchev–Trinajstić information content (AvgIpc) is 2.27. The fourth-order valence-electron chi connectivity index (χ4n) is 2.60. The third-order valence-electron chi connectivity index (χ3n) is 3.40. The van der Waals surface area contributed by atoms with Crippen molar-refractivity contribution in [2.75, 3.05) is 6.54 Å². The van der Waals surface area contributed by atoms with Crippen LogP contribution in [-0.2, 0) is 4.74 Å². The van der Waals surface area contributed by atoms with Crippen molar-refractivity contribution in [2.45, 2.75) is 70.9 Å². The molecule has 1 aliphatic carbocycles. The molecule has 0 aromatic heterocycles. The van der Waals surface area contributed by atoms with Gasteiger partial charge in [0.2, 0.25) is 0 Å². The van der Waals surface area contributed by atoms with Crippen molar-refractivity contribution >= 4 is 6.09 Å². The zero-order valence-electron chi connectivity index (χ0n) is 12.0. The molecule has 1 amide bonds. The number of nitrogens with two attached hydrogens (primary N) is 1. The average molecular weight is 256 g/mol. The second-order valence-electron chi connectivity index (χ2n) is 6.23. The molecule has 0 spiro atoms. The highest BCUT2D eigenvalue weighted by atomic mass is 16.6. The molecule has 0 saturated heterocycles. The molecule has 4 nitrogen and oxygen atoms in total. The van der Waals surface area contributed by atoms with Crippen LogP contribution in [0.15, 0.2) is 0 Å². The second-order valence-corrected chi connectivity index (χ2v) is 6.23. The Balaban J connectivity index is 2.48. The number of carbonyl (C=O) groups is 1. The van der Waals surface area contributed by atoms with Crippen molar-refractivity contribution in [2.24, 2.45) is 11.7 Å². The zero-order chi connectivity index (χ0) is 13.6. The van der Waals surface area contributed by atoms with Gasteiger partial charge in [0.15, 0.2) is 0 Å². The number of rotatable bonds is 4. The van der Waals surface area contributed by atoms with E-state index in [1.165, 1.54) is 32.1 Å². The van der Waals surface area contributed by atoms with Crippen LogP contribution in [0.5, 0.6) is 0 Å². The van der Waals surface area contributed by atoms with Gasteiger partial charge in [-0.05, 0) is 52.5 Å². The van der Waals surface area contributed by atoms with Crippen molar-refractivity contribution in [1.29, 1.82) is 0 Å². The summed E-state index contributed by atoms with van der Waals surface area (Å²) in [5.74, 6) is 0.565. The smallest absolute Gasteiger partial charge is 0.407 e. The number of amides is 1. The molecule has 4 heteroatoms. The number of carbonyl (C=O) groups excluding carboxylic acids is 1. The maximum absolute atomic E-state index is 11.8. The lowest BCUT2D eigenvalue weighted by Gasteiger charge is -2.31. The van der Waals surface area contributed by atoms with Crippen molar-refractivity contribution in [3.8, 4) is 0 Å². The molecule has 0 bridgehead atoms. The fraction of sp³-hybridized carbons (Fsp3) is 0.929. The van der Waals surface area contributed by atoms with Gasteiger partial charge in [0.1, 0.15) is 5.60 Å². The van der Waals surface area contributed by atoms with Gasteiger partial charge in [0, 0.05) is 6.04 Å². The van der Waals surface area contributed by atoms with Crippen LogP contribution in [0.1, 0.15) is 59.3 Å². The van der Waals surface area contributed by atoms with E-state index in [-0.39, 0.29) is 12.1 Å². The van der Waals surface area contributed by atoms with Gasteiger partial charge in [-0.15, -0.1) is 0 Å². The minimum atomic E-state index is -0.441. The van der Waals surface area contributed by atoms with E-state index in [0.717, 1.165) is 6.42 Å². The molecule has 0 unspecified atom stereocenters. The predicted molar refractivity (Wildman–Crippen MR) is 73.4 cm³/mol. The Kier molecular flexibility index (Phi) is 5.93. The summed E-state index contributed by atoms with van der Waals surface area (Å²) in [5.41, 5.74) is 5.21. The largest absolute Gasteiger partial charge is 0.444 e.